The second-order valence-corrected chi connectivity index (χ2v) is 8.44. The molecule has 130 valence electrons. The number of carbonyl (C=O) groups is 1. The summed E-state index contributed by atoms with van der Waals surface area (Å²) in [5.74, 6) is 3.38. The zero-order chi connectivity index (χ0) is 16.3. The van der Waals surface area contributed by atoms with Crippen LogP contribution in [-0.4, -0.2) is 57.2 Å². The standard InChI is InChI=1S/C18H27N5O/c1-21-7-3-13(4-8-21)16-20-19-15-12-22(9-10-23(15)16)17(24)14-11-18(14)5-2-6-18/h13-14H,2-12H2,1H3. The summed E-state index contributed by atoms with van der Waals surface area (Å²) in [6.45, 7) is 4.64. The highest BCUT2D eigenvalue weighted by molar-refractivity contribution is 5.83. The van der Waals surface area contributed by atoms with Crippen molar-refractivity contribution in [2.45, 2.75) is 57.5 Å². The smallest absolute Gasteiger partial charge is 0.226 e. The lowest BCUT2D eigenvalue weighted by Crippen LogP contribution is -2.41. The van der Waals surface area contributed by atoms with Crippen molar-refractivity contribution in [1.82, 2.24) is 24.6 Å². The van der Waals surface area contributed by atoms with Crippen LogP contribution in [0.1, 0.15) is 56.1 Å². The molecule has 6 nitrogen and oxygen atoms in total. The lowest BCUT2D eigenvalue weighted by Gasteiger charge is -2.33. The lowest BCUT2D eigenvalue weighted by molar-refractivity contribution is -0.135. The molecule has 1 aromatic heterocycles. The number of aromatic nitrogens is 3. The van der Waals surface area contributed by atoms with Crippen molar-refractivity contribution in [1.29, 1.82) is 0 Å². The molecule has 2 aliphatic carbocycles. The van der Waals surface area contributed by atoms with E-state index in [0.717, 1.165) is 44.2 Å². The average Bonchev–Trinajstić information content (AvgIpc) is 3.21. The van der Waals surface area contributed by atoms with Gasteiger partial charge in [-0.25, -0.2) is 0 Å². The van der Waals surface area contributed by atoms with E-state index >= 15 is 0 Å². The first-order chi connectivity index (χ1) is 11.7. The Morgan fingerprint density at radius 1 is 1.12 bits per heavy atom. The van der Waals surface area contributed by atoms with Gasteiger partial charge >= 0.3 is 0 Å². The van der Waals surface area contributed by atoms with E-state index in [1.54, 1.807) is 0 Å². The van der Waals surface area contributed by atoms with Crippen molar-refractivity contribution in [2.75, 3.05) is 26.7 Å². The Hall–Kier alpha value is -1.43. The number of piperidine rings is 1. The molecule has 2 aliphatic heterocycles. The molecule has 1 amide bonds. The number of hydrogen-bond donors (Lipinski definition) is 0. The molecular formula is C18H27N5O. The monoisotopic (exact) mass is 329 g/mol. The van der Waals surface area contributed by atoms with Gasteiger partial charge in [-0.1, -0.05) is 6.42 Å². The summed E-state index contributed by atoms with van der Waals surface area (Å²) in [6.07, 6.45) is 7.33. The summed E-state index contributed by atoms with van der Waals surface area (Å²) in [5, 5.41) is 8.95. The summed E-state index contributed by atoms with van der Waals surface area (Å²) >= 11 is 0. The van der Waals surface area contributed by atoms with E-state index in [0.29, 0.717) is 29.7 Å². The van der Waals surface area contributed by atoms with E-state index in [-0.39, 0.29) is 0 Å². The van der Waals surface area contributed by atoms with Gasteiger partial charge in [0.15, 0.2) is 5.82 Å². The largest absolute Gasteiger partial charge is 0.333 e. The highest BCUT2D eigenvalue weighted by Crippen LogP contribution is 2.66. The van der Waals surface area contributed by atoms with Crippen molar-refractivity contribution in [3.8, 4) is 0 Å². The first-order valence-corrected chi connectivity index (χ1v) is 9.56. The predicted octanol–water partition coefficient (Wildman–Crippen LogP) is 1.62. The Morgan fingerprint density at radius 3 is 2.58 bits per heavy atom. The van der Waals surface area contributed by atoms with Gasteiger partial charge in [0.05, 0.1) is 6.54 Å². The maximum atomic E-state index is 12.8. The summed E-state index contributed by atoms with van der Waals surface area (Å²) in [4.78, 5) is 17.2. The van der Waals surface area contributed by atoms with Crippen LogP contribution in [0.4, 0.5) is 0 Å². The SMILES string of the molecule is CN1CCC(c2nnc3n2CCN(C(=O)C2CC24CCC4)C3)CC1. The van der Waals surface area contributed by atoms with E-state index in [1.807, 2.05) is 4.90 Å². The fraction of sp³-hybridized carbons (Fsp3) is 0.833. The van der Waals surface area contributed by atoms with Gasteiger partial charge in [0.1, 0.15) is 5.82 Å². The molecule has 0 bridgehead atoms. The van der Waals surface area contributed by atoms with Gasteiger partial charge in [-0.05, 0) is 57.7 Å². The summed E-state index contributed by atoms with van der Waals surface area (Å²) in [7, 11) is 2.19. The van der Waals surface area contributed by atoms with E-state index in [4.69, 9.17) is 0 Å². The minimum absolute atomic E-state index is 0.314. The van der Waals surface area contributed by atoms with Crippen molar-refractivity contribution in [3.05, 3.63) is 11.6 Å². The number of nitrogens with zero attached hydrogens (tertiary/aromatic N) is 5. The van der Waals surface area contributed by atoms with Crippen LogP contribution >= 0.6 is 0 Å². The Labute approximate surface area is 143 Å². The molecule has 0 N–H and O–H groups in total. The molecule has 1 atom stereocenters. The maximum Gasteiger partial charge on any atom is 0.226 e. The zero-order valence-electron chi connectivity index (χ0n) is 14.6. The quantitative estimate of drug-likeness (QED) is 0.827. The number of hydrogen-bond acceptors (Lipinski definition) is 4. The first-order valence-electron chi connectivity index (χ1n) is 9.56. The molecule has 5 rings (SSSR count). The van der Waals surface area contributed by atoms with Crippen LogP contribution in [0.15, 0.2) is 0 Å². The minimum atomic E-state index is 0.314. The molecule has 1 saturated heterocycles. The van der Waals surface area contributed by atoms with Gasteiger partial charge in [0.25, 0.3) is 0 Å². The Balaban J connectivity index is 1.28. The van der Waals surface area contributed by atoms with Crippen LogP contribution in [0.3, 0.4) is 0 Å². The van der Waals surface area contributed by atoms with Crippen LogP contribution in [0.25, 0.3) is 0 Å². The number of carbonyl (C=O) groups excluding carboxylic acids is 1. The number of amides is 1. The van der Waals surface area contributed by atoms with E-state index < -0.39 is 0 Å². The van der Waals surface area contributed by atoms with Gasteiger partial charge in [0, 0.05) is 24.9 Å². The molecule has 3 fully saturated rings. The van der Waals surface area contributed by atoms with Crippen LogP contribution < -0.4 is 0 Å². The summed E-state index contributed by atoms with van der Waals surface area (Å²) in [5.41, 5.74) is 0.418. The first kappa shape index (κ1) is 14.9. The third-order valence-electron chi connectivity index (χ3n) is 7.01. The third kappa shape index (κ3) is 2.22. The van der Waals surface area contributed by atoms with Crippen molar-refractivity contribution >= 4 is 5.91 Å². The molecule has 24 heavy (non-hydrogen) atoms. The fourth-order valence-electron chi connectivity index (χ4n) is 5.04. The molecular weight excluding hydrogens is 302 g/mol. The average molecular weight is 329 g/mol. The number of likely N-dealkylation sites (tertiary alicyclic amines) is 1. The Morgan fingerprint density at radius 2 is 1.92 bits per heavy atom. The molecule has 2 saturated carbocycles. The van der Waals surface area contributed by atoms with Gasteiger partial charge in [-0.3, -0.25) is 4.79 Å². The summed E-state index contributed by atoms with van der Waals surface area (Å²) < 4.78 is 2.30. The number of rotatable bonds is 2. The molecule has 4 aliphatic rings. The molecule has 3 heterocycles. The molecule has 1 spiro atoms. The van der Waals surface area contributed by atoms with Crippen LogP contribution in [0.2, 0.25) is 0 Å². The van der Waals surface area contributed by atoms with E-state index in [2.05, 4.69) is 26.7 Å². The third-order valence-corrected chi connectivity index (χ3v) is 7.01. The van der Waals surface area contributed by atoms with Gasteiger partial charge in [-0.15, -0.1) is 10.2 Å². The van der Waals surface area contributed by atoms with Gasteiger partial charge in [0.2, 0.25) is 5.91 Å². The molecule has 1 unspecified atom stereocenters. The second-order valence-electron chi connectivity index (χ2n) is 8.44. The molecule has 0 radical (unpaired) electrons. The Bertz CT molecular complexity index is 656. The van der Waals surface area contributed by atoms with Crippen molar-refractivity contribution in [2.24, 2.45) is 11.3 Å². The van der Waals surface area contributed by atoms with Crippen LogP contribution in [0.5, 0.6) is 0 Å². The predicted molar refractivity (Wildman–Crippen MR) is 89.3 cm³/mol. The van der Waals surface area contributed by atoms with E-state index in [9.17, 15) is 4.79 Å². The van der Waals surface area contributed by atoms with Gasteiger partial charge < -0.3 is 14.4 Å². The van der Waals surface area contributed by atoms with Gasteiger partial charge in [-0.2, -0.15) is 0 Å². The number of fused-ring (bicyclic) bond motifs is 1. The Kier molecular flexibility index (Phi) is 3.27. The lowest BCUT2D eigenvalue weighted by atomic mass is 9.79. The maximum absolute atomic E-state index is 12.8. The molecule has 1 aromatic rings. The normalized spacial score (nSPS) is 29.4. The van der Waals surface area contributed by atoms with Crippen LogP contribution in [-0.2, 0) is 17.9 Å². The zero-order valence-corrected chi connectivity index (χ0v) is 14.6. The highest BCUT2D eigenvalue weighted by atomic mass is 16.2. The molecule has 6 heteroatoms. The topological polar surface area (TPSA) is 54.3 Å². The fourth-order valence-corrected chi connectivity index (χ4v) is 5.04. The highest BCUT2D eigenvalue weighted by Gasteiger charge is 2.61. The minimum Gasteiger partial charge on any atom is -0.333 e. The van der Waals surface area contributed by atoms with Crippen LogP contribution in [0, 0.1) is 11.3 Å². The van der Waals surface area contributed by atoms with E-state index in [1.165, 1.54) is 32.1 Å². The second kappa shape index (κ2) is 5.28. The van der Waals surface area contributed by atoms with Crippen molar-refractivity contribution in [3.63, 3.8) is 0 Å². The summed E-state index contributed by atoms with van der Waals surface area (Å²) in [6, 6.07) is 0. The van der Waals surface area contributed by atoms with Crippen molar-refractivity contribution < 1.29 is 4.79 Å². The molecule has 0 aromatic carbocycles.